The first-order valence-corrected chi connectivity index (χ1v) is 8.08. The average molecular weight is 324 g/mol. The molecule has 25 heavy (non-hydrogen) atoms. The number of carbonyl (C=O) groups excluding carboxylic acids is 1. The SMILES string of the molecule is NC(=O)c1cccc2ccc(-c3ccc(-c4ccccc4)cc3)nc12. The molecule has 0 aliphatic carbocycles. The second-order valence-electron chi connectivity index (χ2n) is 5.88. The number of hydrogen-bond donors (Lipinski definition) is 1. The van der Waals surface area contributed by atoms with Crippen molar-refractivity contribution in [3.05, 3.63) is 90.5 Å². The summed E-state index contributed by atoms with van der Waals surface area (Å²) in [4.78, 5) is 16.3. The summed E-state index contributed by atoms with van der Waals surface area (Å²) in [6.07, 6.45) is 0. The molecule has 0 aliphatic rings. The standard InChI is InChI=1S/C22H16N2O/c23-22(25)19-8-4-7-18-13-14-20(24-21(18)19)17-11-9-16(10-12-17)15-5-2-1-3-6-15/h1-14H,(H2,23,25). The Morgan fingerprint density at radius 2 is 1.36 bits per heavy atom. The number of rotatable bonds is 3. The van der Waals surface area contributed by atoms with Gasteiger partial charge in [0.15, 0.2) is 0 Å². The van der Waals surface area contributed by atoms with Gasteiger partial charge in [-0.3, -0.25) is 4.79 Å². The molecule has 2 N–H and O–H groups in total. The van der Waals surface area contributed by atoms with Crippen molar-refractivity contribution in [1.29, 1.82) is 0 Å². The number of benzene rings is 3. The van der Waals surface area contributed by atoms with Crippen molar-refractivity contribution in [2.45, 2.75) is 0 Å². The maximum absolute atomic E-state index is 11.6. The molecule has 0 saturated heterocycles. The zero-order valence-electron chi connectivity index (χ0n) is 13.5. The van der Waals surface area contributed by atoms with Crippen molar-refractivity contribution < 1.29 is 4.79 Å². The third kappa shape index (κ3) is 2.88. The summed E-state index contributed by atoms with van der Waals surface area (Å²) >= 11 is 0. The molecule has 0 aliphatic heterocycles. The fraction of sp³-hybridized carbons (Fsp3) is 0. The van der Waals surface area contributed by atoms with Gasteiger partial charge in [0.05, 0.1) is 16.8 Å². The zero-order chi connectivity index (χ0) is 17.2. The van der Waals surface area contributed by atoms with Gasteiger partial charge in [0.1, 0.15) is 0 Å². The summed E-state index contributed by atoms with van der Waals surface area (Å²) in [5, 5.41) is 0.904. The molecule has 0 unspecified atom stereocenters. The molecule has 1 amide bonds. The second-order valence-corrected chi connectivity index (χ2v) is 5.88. The summed E-state index contributed by atoms with van der Waals surface area (Å²) in [6, 6.07) is 27.9. The van der Waals surface area contributed by atoms with Gasteiger partial charge >= 0.3 is 0 Å². The minimum Gasteiger partial charge on any atom is -0.366 e. The number of primary amides is 1. The Morgan fingerprint density at radius 1 is 0.680 bits per heavy atom. The van der Waals surface area contributed by atoms with Gasteiger partial charge in [-0.25, -0.2) is 4.98 Å². The fourth-order valence-electron chi connectivity index (χ4n) is 2.97. The van der Waals surface area contributed by atoms with Crippen LogP contribution < -0.4 is 5.73 Å². The molecule has 1 heterocycles. The number of nitrogens with zero attached hydrogens (tertiary/aromatic N) is 1. The van der Waals surface area contributed by atoms with Gasteiger partial charge in [-0.2, -0.15) is 0 Å². The van der Waals surface area contributed by atoms with E-state index in [0.29, 0.717) is 11.1 Å². The van der Waals surface area contributed by atoms with Crippen LogP contribution in [0.3, 0.4) is 0 Å². The number of nitrogens with two attached hydrogens (primary N) is 1. The summed E-state index contributed by atoms with van der Waals surface area (Å²) in [5.41, 5.74) is 10.7. The first-order valence-electron chi connectivity index (χ1n) is 8.08. The van der Waals surface area contributed by atoms with Crippen LogP contribution in [0.25, 0.3) is 33.3 Å². The van der Waals surface area contributed by atoms with Crippen molar-refractivity contribution in [2.75, 3.05) is 0 Å². The second kappa shape index (κ2) is 6.21. The van der Waals surface area contributed by atoms with Crippen LogP contribution in [0, 0.1) is 0 Å². The molecule has 4 aromatic rings. The largest absolute Gasteiger partial charge is 0.366 e. The van der Waals surface area contributed by atoms with E-state index < -0.39 is 5.91 Å². The van der Waals surface area contributed by atoms with Crippen LogP contribution in [0.1, 0.15) is 10.4 Å². The number of carbonyl (C=O) groups is 1. The highest BCUT2D eigenvalue weighted by Crippen LogP contribution is 2.26. The predicted molar refractivity (Wildman–Crippen MR) is 101 cm³/mol. The quantitative estimate of drug-likeness (QED) is 0.595. The molecular weight excluding hydrogens is 308 g/mol. The highest BCUT2D eigenvalue weighted by Gasteiger charge is 2.09. The zero-order valence-corrected chi connectivity index (χ0v) is 13.5. The minimum atomic E-state index is -0.463. The summed E-state index contributed by atoms with van der Waals surface area (Å²) < 4.78 is 0. The molecule has 0 spiro atoms. The van der Waals surface area contributed by atoms with E-state index in [2.05, 4.69) is 29.2 Å². The molecule has 1 aromatic heterocycles. The smallest absolute Gasteiger partial charge is 0.250 e. The third-order valence-corrected chi connectivity index (χ3v) is 4.27. The fourth-order valence-corrected chi connectivity index (χ4v) is 2.97. The van der Waals surface area contributed by atoms with Crippen molar-refractivity contribution in [3.8, 4) is 22.4 Å². The molecule has 3 heteroatoms. The Morgan fingerprint density at radius 3 is 2.08 bits per heavy atom. The normalized spacial score (nSPS) is 10.7. The van der Waals surface area contributed by atoms with Gasteiger partial charge in [-0.05, 0) is 23.3 Å². The van der Waals surface area contributed by atoms with Gasteiger partial charge in [0.2, 0.25) is 0 Å². The minimum absolute atomic E-state index is 0.445. The number of fused-ring (bicyclic) bond motifs is 1. The lowest BCUT2D eigenvalue weighted by Crippen LogP contribution is -2.11. The summed E-state index contributed by atoms with van der Waals surface area (Å²) in [6.45, 7) is 0. The maximum Gasteiger partial charge on any atom is 0.250 e. The Labute approximate surface area is 145 Å². The maximum atomic E-state index is 11.6. The van der Waals surface area contributed by atoms with Crippen molar-refractivity contribution in [3.63, 3.8) is 0 Å². The molecule has 0 fully saturated rings. The van der Waals surface area contributed by atoms with Crippen LogP contribution in [0.15, 0.2) is 84.9 Å². The van der Waals surface area contributed by atoms with Crippen LogP contribution in [-0.2, 0) is 0 Å². The summed E-state index contributed by atoms with van der Waals surface area (Å²) in [5.74, 6) is -0.463. The van der Waals surface area contributed by atoms with Crippen molar-refractivity contribution >= 4 is 16.8 Å². The van der Waals surface area contributed by atoms with Crippen molar-refractivity contribution in [1.82, 2.24) is 4.98 Å². The van der Waals surface area contributed by atoms with E-state index in [9.17, 15) is 4.79 Å². The Bertz CT molecular complexity index is 1050. The predicted octanol–water partition coefficient (Wildman–Crippen LogP) is 4.67. The highest BCUT2D eigenvalue weighted by molar-refractivity contribution is 6.05. The van der Waals surface area contributed by atoms with Crippen LogP contribution in [0.5, 0.6) is 0 Å². The van der Waals surface area contributed by atoms with E-state index in [0.717, 1.165) is 22.2 Å². The first-order chi connectivity index (χ1) is 12.2. The number of aromatic nitrogens is 1. The van der Waals surface area contributed by atoms with Gasteiger partial charge in [-0.15, -0.1) is 0 Å². The van der Waals surface area contributed by atoms with E-state index in [1.807, 2.05) is 54.6 Å². The monoisotopic (exact) mass is 324 g/mol. The van der Waals surface area contributed by atoms with Crippen molar-refractivity contribution in [2.24, 2.45) is 5.73 Å². The van der Waals surface area contributed by atoms with E-state index in [-0.39, 0.29) is 0 Å². The van der Waals surface area contributed by atoms with Crippen LogP contribution >= 0.6 is 0 Å². The Balaban J connectivity index is 1.77. The van der Waals surface area contributed by atoms with Gasteiger partial charge < -0.3 is 5.73 Å². The van der Waals surface area contributed by atoms with E-state index in [1.54, 1.807) is 6.07 Å². The number of amides is 1. The van der Waals surface area contributed by atoms with E-state index in [1.165, 1.54) is 5.56 Å². The van der Waals surface area contributed by atoms with Crippen LogP contribution in [0.4, 0.5) is 0 Å². The molecule has 3 nitrogen and oxygen atoms in total. The lowest BCUT2D eigenvalue weighted by Gasteiger charge is -2.07. The van der Waals surface area contributed by atoms with Gasteiger partial charge in [-0.1, -0.05) is 72.8 Å². The Hall–Kier alpha value is -3.46. The molecule has 0 atom stereocenters. The molecule has 4 rings (SSSR count). The van der Waals surface area contributed by atoms with Gasteiger partial charge in [0.25, 0.3) is 5.91 Å². The topological polar surface area (TPSA) is 56.0 Å². The first kappa shape index (κ1) is 15.1. The molecule has 0 saturated carbocycles. The average Bonchev–Trinajstić information content (AvgIpc) is 2.68. The lowest BCUT2D eigenvalue weighted by molar-refractivity contribution is 0.100. The highest BCUT2D eigenvalue weighted by atomic mass is 16.1. The number of pyridine rings is 1. The summed E-state index contributed by atoms with van der Waals surface area (Å²) in [7, 11) is 0. The number of hydrogen-bond acceptors (Lipinski definition) is 2. The molecule has 0 radical (unpaired) electrons. The number of para-hydroxylation sites is 1. The third-order valence-electron chi connectivity index (χ3n) is 4.27. The van der Waals surface area contributed by atoms with Gasteiger partial charge in [0, 0.05) is 10.9 Å². The Kier molecular flexibility index (Phi) is 3.75. The van der Waals surface area contributed by atoms with E-state index in [4.69, 9.17) is 5.73 Å². The van der Waals surface area contributed by atoms with E-state index >= 15 is 0 Å². The van der Waals surface area contributed by atoms with Crippen LogP contribution in [-0.4, -0.2) is 10.9 Å². The van der Waals surface area contributed by atoms with Crippen LogP contribution in [0.2, 0.25) is 0 Å². The molecular formula is C22H16N2O. The molecule has 0 bridgehead atoms. The molecule has 120 valence electrons. The lowest BCUT2D eigenvalue weighted by atomic mass is 10.0. The molecule has 3 aromatic carbocycles.